The van der Waals surface area contributed by atoms with Gasteiger partial charge in [0.15, 0.2) is 11.0 Å². The highest BCUT2D eigenvalue weighted by Crippen LogP contribution is 2.27. The lowest BCUT2D eigenvalue weighted by Gasteiger charge is -2.11. The molecule has 0 aliphatic rings. The zero-order chi connectivity index (χ0) is 16.1. The molecule has 114 valence electrons. The predicted molar refractivity (Wildman–Crippen MR) is 89.7 cm³/mol. The SMILES string of the molecule is C[C@@H](C#N)Sc1nnc(-c2ccncc2)n1Cc1ccccc1. The molecule has 1 aromatic carbocycles. The fourth-order valence-electron chi connectivity index (χ4n) is 2.18. The van der Waals surface area contributed by atoms with Crippen LogP contribution >= 0.6 is 11.8 Å². The Labute approximate surface area is 139 Å². The molecular formula is C17H15N5S. The lowest BCUT2D eigenvalue weighted by atomic mass is 10.2. The summed E-state index contributed by atoms with van der Waals surface area (Å²) in [7, 11) is 0. The fourth-order valence-corrected chi connectivity index (χ4v) is 2.92. The lowest BCUT2D eigenvalue weighted by molar-refractivity contribution is 0.714. The first-order chi connectivity index (χ1) is 11.3. The van der Waals surface area contributed by atoms with Crippen LogP contribution in [0, 0.1) is 11.3 Å². The molecule has 0 fully saturated rings. The highest BCUT2D eigenvalue weighted by molar-refractivity contribution is 8.00. The summed E-state index contributed by atoms with van der Waals surface area (Å²) in [5.41, 5.74) is 2.12. The van der Waals surface area contributed by atoms with Crippen LogP contribution < -0.4 is 0 Å². The zero-order valence-corrected chi connectivity index (χ0v) is 13.4. The van der Waals surface area contributed by atoms with Crippen LogP contribution in [0.2, 0.25) is 0 Å². The maximum Gasteiger partial charge on any atom is 0.193 e. The molecule has 0 N–H and O–H groups in total. The summed E-state index contributed by atoms with van der Waals surface area (Å²) in [6.45, 7) is 2.52. The first kappa shape index (κ1) is 15.3. The number of benzene rings is 1. The van der Waals surface area contributed by atoms with Gasteiger partial charge in [-0.3, -0.25) is 9.55 Å². The van der Waals surface area contributed by atoms with E-state index in [0.29, 0.717) is 6.54 Å². The molecule has 0 amide bonds. The van der Waals surface area contributed by atoms with Gasteiger partial charge in [0.05, 0.1) is 17.9 Å². The van der Waals surface area contributed by atoms with Gasteiger partial charge in [0.1, 0.15) is 0 Å². The predicted octanol–water partition coefficient (Wildman–Crippen LogP) is 3.39. The molecule has 2 aromatic heterocycles. The van der Waals surface area contributed by atoms with Gasteiger partial charge in [-0.1, -0.05) is 42.1 Å². The van der Waals surface area contributed by atoms with E-state index in [1.54, 1.807) is 12.4 Å². The highest BCUT2D eigenvalue weighted by atomic mass is 32.2. The standard InChI is InChI=1S/C17H15N5S/c1-13(11-18)23-17-21-20-16(15-7-9-19-10-8-15)22(17)12-14-5-3-2-4-6-14/h2-10,13H,12H2,1H3/t13-/m0/s1. The Balaban J connectivity index is 2.01. The van der Waals surface area contributed by atoms with Crippen molar-refractivity contribution >= 4 is 11.8 Å². The van der Waals surface area contributed by atoms with Crippen molar-refractivity contribution in [2.24, 2.45) is 0 Å². The Kier molecular flexibility index (Phi) is 4.69. The van der Waals surface area contributed by atoms with Crippen molar-refractivity contribution in [1.29, 1.82) is 5.26 Å². The van der Waals surface area contributed by atoms with Gasteiger partial charge >= 0.3 is 0 Å². The van der Waals surface area contributed by atoms with E-state index in [1.165, 1.54) is 11.8 Å². The molecule has 0 saturated carbocycles. The smallest absolute Gasteiger partial charge is 0.193 e. The molecule has 0 unspecified atom stereocenters. The van der Waals surface area contributed by atoms with Gasteiger partial charge < -0.3 is 0 Å². The largest absolute Gasteiger partial charge is 0.298 e. The van der Waals surface area contributed by atoms with Crippen molar-refractivity contribution in [1.82, 2.24) is 19.7 Å². The monoisotopic (exact) mass is 321 g/mol. The molecule has 3 aromatic rings. The molecule has 6 heteroatoms. The van der Waals surface area contributed by atoms with Gasteiger partial charge in [0, 0.05) is 18.0 Å². The van der Waals surface area contributed by atoms with Gasteiger partial charge in [-0.05, 0) is 24.6 Å². The third-order valence-electron chi connectivity index (χ3n) is 3.30. The van der Waals surface area contributed by atoms with Crippen LogP contribution in [0.15, 0.2) is 60.0 Å². The average Bonchev–Trinajstić information content (AvgIpc) is 2.99. The van der Waals surface area contributed by atoms with E-state index in [4.69, 9.17) is 5.26 Å². The molecule has 1 atom stereocenters. The van der Waals surface area contributed by atoms with Crippen LogP contribution in [0.3, 0.4) is 0 Å². The summed E-state index contributed by atoms with van der Waals surface area (Å²) in [5.74, 6) is 0.781. The van der Waals surface area contributed by atoms with Crippen LogP contribution in [0.1, 0.15) is 12.5 Å². The minimum Gasteiger partial charge on any atom is -0.298 e. The molecule has 2 heterocycles. The minimum atomic E-state index is -0.181. The molecule has 0 aliphatic heterocycles. The molecule has 0 spiro atoms. The van der Waals surface area contributed by atoms with Crippen LogP contribution in [0.5, 0.6) is 0 Å². The second-order valence-corrected chi connectivity index (χ2v) is 6.31. The van der Waals surface area contributed by atoms with E-state index in [-0.39, 0.29) is 5.25 Å². The Morgan fingerprint density at radius 1 is 1.13 bits per heavy atom. The molecule has 0 bridgehead atoms. The molecular weight excluding hydrogens is 306 g/mol. The number of hydrogen-bond acceptors (Lipinski definition) is 5. The summed E-state index contributed by atoms with van der Waals surface area (Å²) < 4.78 is 2.04. The number of nitriles is 1. The Bertz CT molecular complexity index is 808. The van der Waals surface area contributed by atoms with E-state index in [2.05, 4.69) is 33.4 Å². The number of rotatable bonds is 5. The number of hydrogen-bond donors (Lipinski definition) is 0. The van der Waals surface area contributed by atoms with E-state index in [1.807, 2.05) is 41.8 Å². The fraction of sp³-hybridized carbons (Fsp3) is 0.176. The van der Waals surface area contributed by atoms with Crippen LogP contribution in [-0.2, 0) is 6.54 Å². The van der Waals surface area contributed by atoms with Crippen molar-refractivity contribution in [2.45, 2.75) is 23.9 Å². The van der Waals surface area contributed by atoms with Gasteiger partial charge in [-0.15, -0.1) is 10.2 Å². The summed E-state index contributed by atoms with van der Waals surface area (Å²) in [4.78, 5) is 4.05. The number of nitrogens with zero attached hydrogens (tertiary/aromatic N) is 5. The van der Waals surface area contributed by atoms with E-state index >= 15 is 0 Å². The van der Waals surface area contributed by atoms with E-state index in [9.17, 15) is 0 Å². The molecule has 5 nitrogen and oxygen atoms in total. The number of pyridine rings is 1. The molecule has 0 saturated heterocycles. The minimum absolute atomic E-state index is 0.181. The molecule has 23 heavy (non-hydrogen) atoms. The Morgan fingerprint density at radius 2 is 1.87 bits per heavy atom. The van der Waals surface area contributed by atoms with Crippen molar-refractivity contribution in [3.63, 3.8) is 0 Å². The van der Waals surface area contributed by atoms with E-state index < -0.39 is 0 Å². The first-order valence-corrected chi connectivity index (χ1v) is 8.09. The third-order valence-corrected chi connectivity index (χ3v) is 4.27. The van der Waals surface area contributed by atoms with Crippen LogP contribution in [-0.4, -0.2) is 25.0 Å². The number of thioether (sulfide) groups is 1. The lowest BCUT2D eigenvalue weighted by Crippen LogP contribution is -2.05. The highest BCUT2D eigenvalue weighted by Gasteiger charge is 2.16. The summed E-state index contributed by atoms with van der Waals surface area (Å²) in [6.07, 6.45) is 3.48. The normalized spacial score (nSPS) is 11.8. The van der Waals surface area contributed by atoms with Crippen LogP contribution in [0.4, 0.5) is 0 Å². The maximum absolute atomic E-state index is 9.06. The van der Waals surface area contributed by atoms with Gasteiger partial charge in [-0.2, -0.15) is 5.26 Å². The van der Waals surface area contributed by atoms with Gasteiger partial charge in [0.25, 0.3) is 0 Å². The topological polar surface area (TPSA) is 67.4 Å². The van der Waals surface area contributed by atoms with Gasteiger partial charge in [-0.25, -0.2) is 0 Å². The molecule has 0 radical (unpaired) electrons. The second-order valence-electron chi connectivity index (χ2n) is 5.00. The quantitative estimate of drug-likeness (QED) is 0.674. The zero-order valence-electron chi connectivity index (χ0n) is 12.6. The summed E-state index contributed by atoms with van der Waals surface area (Å²) in [6, 6.07) is 16.2. The Hall–Kier alpha value is -2.65. The summed E-state index contributed by atoms with van der Waals surface area (Å²) in [5, 5.41) is 18.2. The van der Waals surface area contributed by atoms with Crippen molar-refractivity contribution in [2.75, 3.05) is 0 Å². The van der Waals surface area contributed by atoms with Crippen molar-refractivity contribution < 1.29 is 0 Å². The van der Waals surface area contributed by atoms with Crippen molar-refractivity contribution in [3.8, 4) is 17.5 Å². The maximum atomic E-state index is 9.06. The van der Waals surface area contributed by atoms with Crippen LogP contribution in [0.25, 0.3) is 11.4 Å². The second kappa shape index (κ2) is 7.07. The summed E-state index contributed by atoms with van der Waals surface area (Å²) >= 11 is 1.42. The average molecular weight is 321 g/mol. The van der Waals surface area contributed by atoms with Crippen molar-refractivity contribution in [3.05, 3.63) is 60.4 Å². The third kappa shape index (κ3) is 3.58. The van der Waals surface area contributed by atoms with E-state index in [0.717, 1.165) is 22.1 Å². The first-order valence-electron chi connectivity index (χ1n) is 7.21. The molecule has 0 aliphatic carbocycles. The Morgan fingerprint density at radius 3 is 2.57 bits per heavy atom. The number of aromatic nitrogens is 4. The van der Waals surface area contributed by atoms with Gasteiger partial charge in [0.2, 0.25) is 0 Å². The molecule has 3 rings (SSSR count).